The largest absolute Gasteiger partial charge is 0.493 e. The predicted molar refractivity (Wildman–Crippen MR) is 113 cm³/mol. The number of methoxy groups -OCH3 is 1. The van der Waals surface area contributed by atoms with Crippen molar-refractivity contribution in [1.82, 2.24) is 9.97 Å². The Bertz CT molecular complexity index is 1060. The maximum atomic E-state index is 12.8. The first kappa shape index (κ1) is 19.2. The normalized spacial score (nSPS) is 14.2. The summed E-state index contributed by atoms with van der Waals surface area (Å²) >= 11 is 0. The van der Waals surface area contributed by atoms with Crippen LogP contribution in [0, 0.1) is 13.8 Å². The van der Waals surface area contributed by atoms with Gasteiger partial charge in [0.2, 0.25) is 0 Å². The number of amides is 1. The number of anilines is 1. The number of fused-ring (bicyclic) bond motifs is 1. The number of rotatable bonds is 5. The Kier molecular flexibility index (Phi) is 5.34. The highest BCUT2D eigenvalue weighted by atomic mass is 16.5. The number of nitrogens with zero attached hydrogens (tertiary/aromatic N) is 2. The molecule has 1 heterocycles. The molecular formula is C23H25N3O3. The SMILES string of the molecule is COc1ccc(NC(=O)c2ccc3nc(C)c(C)nc3c2)cc1OC1CCCC1. The summed E-state index contributed by atoms with van der Waals surface area (Å²) in [5.74, 6) is 1.12. The van der Waals surface area contributed by atoms with Crippen LogP contribution in [0.2, 0.25) is 0 Å². The van der Waals surface area contributed by atoms with Gasteiger partial charge in [-0.15, -0.1) is 0 Å². The van der Waals surface area contributed by atoms with E-state index in [4.69, 9.17) is 9.47 Å². The van der Waals surface area contributed by atoms with Gasteiger partial charge in [-0.1, -0.05) is 0 Å². The van der Waals surface area contributed by atoms with Crippen LogP contribution in [-0.2, 0) is 0 Å². The Hall–Kier alpha value is -3.15. The topological polar surface area (TPSA) is 73.3 Å². The van der Waals surface area contributed by atoms with Gasteiger partial charge in [-0.3, -0.25) is 4.79 Å². The Morgan fingerprint density at radius 3 is 2.41 bits per heavy atom. The quantitative estimate of drug-likeness (QED) is 0.674. The summed E-state index contributed by atoms with van der Waals surface area (Å²) in [4.78, 5) is 21.8. The predicted octanol–water partition coefficient (Wildman–Crippen LogP) is 4.83. The average molecular weight is 391 g/mol. The van der Waals surface area contributed by atoms with E-state index in [1.165, 1.54) is 12.8 Å². The number of hydrogen-bond donors (Lipinski definition) is 1. The molecule has 0 radical (unpaired) electrons. The molecule has 2 aromatic carbocycles. The standard InChI is InChI=1S/C23H25N3O3/c1-14-15(2)25-20-12-16(8-10-19(20)24-14)23(27)26-17-9-11-21(28-3)22(13-17)29-18-6-4-5-7-18/h8-13,18H,4-7H2,1-3H3,(H,26,27). The van der Waals surface area contributed by atoms with Gasteiger partial charge in [-0.05, 0) is 69.9 Å². The Morgan fingerprint density at radius 1 is 0.966 bits per heavy atom. The minimum atomic E-state index is -0.205. The van der Waals surface area contributed by atoms with Crippen molar-refractivity contribution in [1.29, 1.82) is 0 Å². The van der Waals surface area contributed by atoms with E-state index in [0.29, 0.717) is 28.3 Å². The minimum Gasteiger partial charge on any atom is -0.493 e. The lowest BCUT2D eigenvalue weighted by molar-refractivity contribution is 0.102. The maximum Gasteiger partial charge on any atom is 0.255 e. The fourth-order valence-electron chi connectivity index (χ4n) is 3.61. The lowest BCUT2D eigenvalue weighted by atomic mass is 10.1. The van der Waals surface area contributed by atoms with E-state index >= 15 is 0 Å². The van der Waals surface area contributed by atoms with Crippen molar-refractivity contribution < 1.29 is 14.3 Å². The molecule has 1 saturated carbocycles. The number of aromatic nitrogens is 2. The molecule has 3 aromatic rings. The number of benzene rings is 2. The molecule has 4 rings (SSSR count). The van der Waals surface area contributed by atoms with Gasteiger partial charge in [0, 0.05) is 17.3 Å². The van der Waals surface area contributed by atoms with Crippen LogP contribution in [-0.4, -0.2) is 29.1 Å². The molecule has 6 nitrogen and oxygen atoms in total. The van der Waals surface area contributed by atoms with Crippen molar-refractivity contribution >= 4 is 22.6 Å². The second-order valence-electron chi connectivity index (χ2n) is 7.44. The molecule has 1 N–H and O–H groups in total. The minimum absolute atomic E-state index is 0.205. The van der Waals surface area contributed by atoms with Gasteiger partial charge in [-0.25, -0.2) is 9.97 Å². The summed E-state index contributed by atoms with van der Waals surface area (Å²) in [6.07, 6.45) is 4.69. The molecule has 0 aliphatic heterocycles. The molecule has 6 heteroatoms. The third-order valence-electron chi connectivity index (χ3n) is 5.35. The fraction of sp³-hybridized carbons (Fsp3) is 0.348. The Morgan fingerprint density at radius 2 is 1.69 bits per heavy atom. The molecule has 0 atom stereocenters. The number of ether oxygens (including phenoxy) is 2. The average Bonchev–Trinajstić information content (AvgIpc) is 3.22. The lowest BCUT2D eigenvalue weighted by Crippen LogP contribution is -2.14. The van der Waals surface area contributed by atoms with Crippen LogP contribution in [0.25, 0.3) is 11.0 Å². The third kappa shape index (κ3) is 4.16. The highest BCUT2D eigenvalue weighted by Crippen LogP contribution is 2.34. The van der Waals surface area contributed by atoms with Crippen LogP contribution in [0.4, 0.5) is 5.69 Å². The first-order chi connectivity index (χ1) is 14.0. The first-order valence-corrected chi connectivity index (χ1v) is 9.94. The van der Waals surface area contributed by atoms with Crippen molar-refractivity contribution in [2.45, 2.75) is 45.6 Å². The van der Waals surface area contributed by atoms with Gasteiger partial charge in [0.25, 0.3) is 5.91 Å². The van der Waals surface area contributed by atoms with Crippen molar-refractivity contribution in [3.05, 3.63) is 53.3 Å². The van der Waals surface area contributed by atoms with Crippen molar-refractivity contribution in [3.8, 4) is 11.5 Å². The van der Waals surface area contributed by atoms with Gasteiger partial charge in [-0.2, -0.15) is 0 Å². The van der Waals surface area contributed by atoms with Crippen LogP contribution >= 0.6 is 0 Å². The number of nitrogens with one attached hydrogen (secondary N) is 1. The van der Waals surface area contributed by atoms with Gasteiger partial charge in [0.15, 0.2) is 11.5 Å². The molecule has 29 heavy (non-hydrogen) atoms. The maximum absolute atomic E-state index is 12.8. The molecule has 150 valence electrons. The van der Waals surface area contributed by atoms with E-state index in [0.717, 1.165) is 29.7 Å². The molecule has 0 unspecified atom stereocenters. The fourth-order valence-corrected chi connectivity index (χ4v) is 3.61. The zero-order valence-electron chi connectivity index (χ0n) is 17.0. The number of carbonyl (C=O) groups is 1. The molecule has 0 spiro atoms. The van der Waals surface area contributed by atoms with Crippen molar-refractivity contribution in [2.75, 3.05) is 12.4 Å². The smallest absolute Gasteiger partial charge is 0.255 e. The lowest BCUT2D eigenvalue weighted by Gasteiger charge is -2.17. The van der Waals surface area contributed by atoms with E-state index in [9.17, 15) is 4.79 Å². The highest BCUT2D eigenvalue weighted by Gasteiger charge is 2.19. The molecule has 1 aliphatic rings. The monoisotopic (exact) mass is 391 g/mol. The van der Waals surface area contributed by atoms with Crippen molar-refractivity contribution in [3.63, 3.8) is 0 Å². The molecule has 1 aromatic heterocycles. The van der Waals surface area contributed by atoms with Crippen LogP contribution in [0.3, 0.4) is 0 Å². The molecule has 0 saturated heterocycles. The summed E-state index contributed by atoms with van der Waals surface area (Å²) in [5, 5.41) is 2.94. The van der Waals surface area contributed by atoms with Gasteiger partial charge < -0.3 is 14.8 Å². The van der Waals surface area contributed by atoms with E-state index in [2.05, 4.69) is 15.3 Å². The molecule has 1 aliphatic carbocycles. The highest BCUT2D eigenvalue weighted by molar-refractivity contribution is 6.06. The molecule has 1 amide bonds. The van der Waals surface area contributed by atoms with Crippen LogP contribution in [0.5, 0.6) is 11.5 Å². The van der Waals surface area contributed by atoms with Gasteiger partial charge >= 0.3 is 0 Å². The molecule has 1 fully saturated rings. The Balaban J connectivity index is 1.55. The van der Waals surface area contributed by atoms with E-state index in [-0.39, 0.29) is 12.0 Å². The third-order valence-corrected chi connectivity index (χ3v) is 5.35. The van der Waals surface area contributed by atoms with E-state index < -0.39 is 0 Å². The van der Waals surface area contributed by atoms with Gasteiger partial charge in [0.1, 0.15) is 0 Å². The van der Waals surface area contributed by atoms with Gasteiger partial charge in [0.05, 0.1) is 35.6 Å². The first-order valence-electron chi connectivity index (χ1n) is 9.94. The number of aryl methyl sites for hydroxylation is 2. The van der Waals surface area contributed by atoms with Crippen LogP contribution in [0.1, 0.15) is 47.4 Å². The summed E-state index contributed by atoms with van der Waals surface area (Å²) in [6.45, 7) is 3.84. The second kappa shape index (κ2) is 8.07. The zero-order valence-corrected chi connectivity index (χ0v) is 17.0. The summed E-state index contributed by atoms with van der Waals surface area (Å²) in [7, 11) is 1.62. The summed E-state index contributed by atoms with van der Waals surface area (Å²) in [6, 6.07) is 10.8. The molecule has 0 bridgehead atoms. The number of carbonyl (C=O) groups excluding carboxylic acids is 1. The second-order valence-corrected chi connectivity index (χ2v) is 7.44. The molecular weight excluding hydrogens is 366 g/mol. The van der Waals surface area contributed by atoms with Crippen LogP contribution < -0.4 is 14.8 Å². The Labute approximate surface area is 170 Å². The van der Waals surface area contributed by atoms with E-state index in [1.807, 2.05) is 38.1 Å². The number of hydrogen-bond acceptors (Lipinski definition) is 5. The summed E-state index contributed by atoms with van der Waals surface area (Å²) < 4.78 is 11.5. The van der Waals surface area contributed by atoms with Crippen molar-refractivity contribution in [2.24, 2.45) is 0 Å². The van der Waals surface area contributed by atoms with E-state index in [1.54, 1.807) is 19.2 Å². The summed E-state index contributed by atoms with van der Waals surface area (Å²) in [5.41, 5.74) is 4.43. The van der Waals surface area contributed by atoms with Crippen LogP contribution in [0.15, 0.2) is 36.4 Å². The zero-order chi connectivity index (χ0) is 20.4.